The molecule has 1 atom stereocenters. The number of carbonyl (C=O) groups excluding carboxylic acids is 1. The number of hydrogen-bond acceptors (Lipinski definition) is 5. The normalized spacial score (nSPS) is 13.0. The van der Waals surface area contributed by atoms with E-state index >= 15 is 0 Å². The van der Waals surface area contributed by atoms with Gasteiger partial charge in [0.1, 0.15) is 27.7 Å². The van der Waals surface area contributed by atoms with Crippen LogP contribution in [0.2, 0.25) is 0 Å². The highest BCUT2D eigenvalue weighted by Gasteiger charge is 2.28. The van der Waals surface area contributed by atoms with Gasteiger partial charge in [0.2, 0.25) is 0 Å². The van der Waals surface area contributed by atoms with Gasteiger partial charge in [-0.1, -0.05) is 30.2 Å². The Hall–Kier alpha value is -3.03. The molecule has 0 saturated carbocycles. The Morgan fingerprint density at radius 2 is 1.66 bits per heavy atom. The molecule has 202 valence electrons. The van der Waals surface area contributed by atoms with Crippen LogP contribution in [0.1, 0.15) is 57.6 Å². The maximum absolute atomic E-state index is 14.0. The van der Waals surface area contributed by atoms with Crippen LogP contribution in [0.3, 0.4) is 0 Å². The molecule has 0 bridgehead atoms. The smallest absolute Gasteiger partial charge is 0.408 e. The Morgan fingerprint density at radius 3 is 2.21 bits per heavy atom. The predicted molar refractivity (Wildman–Crippen MR) is 147 cm³/mol. The van der Waals surface area contributed by atoms with Crippen molar-refractivity contribution in [1.29, 1.82) is 0 Å². The molecule has 0 spiro atoms. The van der Waals surface area contributed by atoms with E-state index in [1.165, 1.54) is 26.0 Å². The summed E-state index contributed by atoms with van der Waals surface area (Å²) in [5.74, 6) is 4.20. The van der Waals surface area contributed by atoms with Gasteiger partial charge < -0.3 is 10.1 Å². The number of hydrogen-bond donors (Lipinski definition) is 1. The van der Waals surface area contributed by atoms with Crippen LogP contribution in [0.25, 0.3) is 10.8 Å². The van der Waals surface area contributed by atoms with Crippen LogP contribution in [0.15, 0.2) is 46.9 Å². The van der Waals surface area contributed by atoms with E-state index < -0.39 is 44.0 Å². The first kappa shape index (κ1) is 29.5. The molecule has 0 aliphatic rings. The summed E-state index contributed by atoms with van der Waals surface area (Å²) in [7, 11) is -3.50. The van der Waals surface area contributed by atoms with Gasteiger partial charge in [-0.05, 0) is 80.6 Å². The highest BCUT2D eigenvalue weighted by molar-refractivity contribution is 9.10. The number of sulfone groups is 1. The van der Waals surface area contributed by atoms with E-state index in [-0.39, 0.29) is 17.7 Å². The van der Waals surface area contributed by atoms with E-state index in [1.54, 1.807) is 32.9 Å². The number of amides is 1. The number of pyridine rings is 1. The lowest BCUT2D eigenvalue weighted by Gasteiger charge is -2.25. The molecule has 6 nitrogen and oxygen atoms in total. The van der Waals surface area contributed by atoms with Gasteiger partial charge in [0.15, 0.2) is 9.84 Å². The minimum absolute atomic E-state index is 0.0143. The zero-order chi connectivity index (χ0) is 28.5. The fourth-order valence-electron chi connectivity index (χ4n) is 3.51. The summed E-state index contributed by atoms with van der Waals surface area (Å²) in [5.41, 5.74) is 0.121. The number of aromatic nitrogens is 1. The number of alkyl carbamates (subject to hydrolysis) is 1. The Morgan fingerprint density at radius 1 is 1.08 bits per heavy atom. The third-order valence-corrected chi connectivity index (χ3v) is 8.46. The standard InChI is InChI=1S/C28H29BrF2N2O4S/c1-27(2,3)37-26(34)33-23(15-17-13-18(30)16-19(31)14-17)25-24(29)21-10-8-7-9-20(21)22(32-25)11-12-28(4,5)38(6,35)36/h7-10,13-14,16,23H,15H2,1-6H3,(H,33,34). The number of benzene rings is 2. The zero-order valence-corrected chi connectivity index (χ0v) is 24.4. The average molecular weight is 608 g/mol. The number of carbonyl (C=O) groups is 1. The first-order valence-corrected chi connectivity index (χ1v) is 14.4. The van der Waals surface area contributed by atoms with Crippen LogP contribution in [0.5, 0.6) is 0 Å². The van der Waals surface area contributed by atoms with E-state index in [9.17, 15) is 22.0 Å². The van der Waals surface area contributed by atoms with Gasteiger partial charge in [0.05, 0.1) is 11.7 Å². The Labute approximate surface area is 230 Å². The van der Waals surface area contributed by atoms with Gasteiger partial charge in [-0.3, -0.25) is 0 Å². The van der Waals surface area contributed by atoms with Crippen LogP contribution in [0, 0.1) is 23.5 Å². The summed E-state index contributed by atoms with van der Waals surface area (Å²) < 4.78 is 57.0. The highest BCUT2D eigenvalue weighted by Crippen LogP contribution is 2.33. The molecule has 2 aromatic carbocycles. The molecular formula is C28H29BrF2N2O4S. The molecule has 3 rings (SSSR count). The minimum atomic E-state index is -3.50. The van der Waals surface area contributed by atoms with Crippen LogP contribution in [-0.4, -0.2) is 36.1 Å². The topological polar surface area (TPSA) is 85.4 Å². The second kappa shape index (κ2) is 11.0. The third-order valence-electron chi connectivity index (χ3n) is 5.67. The van der Waals surface area contributed by atoms with E-state index in [1.807, 2.05) is 12.1 Å². The molecule has 0 radical (unpaired) electrons. The molecular weight excluding hydrogens is 578 g/mol. The summed E-state index contributed by atoms with van der Waals surface area (Å²) in [6, 6.07) is 9.47. The van der Waals surface area contributed by atoms with E-state index in [4.69, 9.17) is 9.72 Å². The largest absolute Gasteiger partial charge is 0.444 e. The van der Waals surface area contributed by atoms with E-state index in [0.29, 0.717) is 20.9 Å². The maximum Gasteiger partial charge on any atom is 0.408 e. The lowest BCUT2D eigenvalue weighted by Crippen LogP contribution is -2.36. The second-order valence-corrected chi connectivity index (χ2v) is 13.8. The highest BCUT2D eigenvalue weighted by atomic mass is 79.9. The van der Waals surface area contributed by atoms with Crippen molar-refractivity contribution in [3.63, 3.8) is 0 Å². The van der Waals surface area contributed by atoms with Gasteiger partial charge in [-0.25, -0.2) is 27.0 Å². The van der Waals surface area contributed by atoms with Crippen molar-refractivity contribution >= 4 is 42.6 Å². The number of ether oxygens (including phenoxy) is 1. The van der Waals surface area contributed by atoms with Gasteiger partial charge in [-0.2, -0.15) is 0 Å². The average Bonchev–Trinajstić information content (AvgIpc) is 2.75. The molecule has 10 heteroatoms. The van der Waals surface area contributed by atoms with Crippen LogP contribution < -0.4 is 5.32 Å². The van der Waals surface area contributed by atoms with Crippen molar-refractivity contribution in [2.75, 3.05) is 6.26 Å². The molecule has 0 aliphatic carbocycles. The summed E-state index contributed by atoms with van der Waals surface area (Å²) in [4.78, 5) is 17.5. The van der Waals surface area contributed by atoms with Crippen molar-refractivity contribution in [2.45, 2.75) is 57.4 Å². The lowest BCUT2D eigenvalue weighted by atomic mass is 9.99. The van der Waals surface area contributed by atoms with Crippen LogP contribution in [-0.2, 0) is 21.0 Å². The van der Waals surface area contributed by atoms with Crippen LogP contribution >= 0.6 is 15.9 Å². The van der Waals surface area contributed by atoms with Gasteiger partial charge >= 0.3 is 6.09 Å². The van der Waals surface area contributed by atoms with E-state index in [2.05, 4.69) is 33.1 Å². The zero-order valence-electron chi connectivity index (χ0n) is 21.9. The van der Waals surface area contributed by atoms with Gasteiger partial charge in [0.25, 0.3) is 0 Å². The quantitative estimate of drug-likeness (QED) is 0.347. The predicted octanol–water partition coefficient (Wildman–Crippen LogP) is 6.26. The van der Waals surface area contributed by atoms with Crippen molar-refractivity contribution in [1.82, 2.24) is 10.3 Å². The van der Waals surface area contributed by atoms with Gasteiger partial charge in [0, 0.05) is 27.6 Å². The molecule has 0 aliphatic heterocycles. The van der Waals surface area contributed by atoms with Crippen molar-refractivity contribution in [2.24, 2.45) is 0 Å². The number of halogens is 3. The Kier molecular flexibility index (Phi) is 8.54. The van der Waals surface area contributed by atoms with Crippen molar-refractivity contribution in [3.05, 3.63) is 75.5 Å². The molecule has 1 N–H and O–H groups in total. The third kappa shape index (κ3) is 7.29. The molecule has 1 unspecified atom stereocenters. The first-order chi connectivity index (χ1) is 17.5. The number of fused-ring (bicyclic) bond motifs is 1. The summed E-state index contributed by atoms with van der Waals surface area (Å²) in [6.45, 7) is 8.15. The van der Waals surface area contributed by atoms with Gasteiger partial charge in [-0.15, -0.1) is 0 Å². The summed E-state index contributed by atoms with van der Waals surface area (Å²) in [6.07, 6.45) is 0.352. The Balaban J connectivity index is 2.21. The lowest BCUT2D eigenvalue weighted by molar-refractivity contribution is 0.0502. The SMILES string of the molecule is CC(C)(C)OC(=O)NC(Cc1cc(F)cc(F)c1)c1nc(C#CC(C)(C)S(C)(=O)=O)c2ccccc2c1Br. The number of nitrogens with zero attached hydrogens (tertiary/aromatic N) is 1. The Bertz CT molecular complexity index is 1530. The molecule has 1 amide bonds. The van der Waals surface area contributed by atoms with Crippen molar-refractivity contribution in [3.8, 4) is 11.8 Å². The number of rotatable bonds is 5. The minimum Gasteiger partial charge on any atom is -0.444 e. The molecule has 1 heterocycles. The van der Waals surface area contributed by atoms with Crippen LogP contribution in [0.4, 0.5) is 13.6 Å². The molecule has 0 fully saturated rings. The van der Waals surface area contributed by atoms with E-state index in [0.717, 1.165) is 12.3 Å². The molecule has 3 aromatic rings. The second-order valence-electron chi connectivity index (χ2n) is 10.4. The summed E-state index contributed by atoms with van der Waals surface area (Å²) >= 11 is 3.59. The summed E-state index contributed by atoms with van der Waals surface area (Å²) in [5, 5.41) is 4.13. The fourth-order valence-corrected chi connectivity index (χ4v) is 4.45. The monoisotopic (exact) mass is 606 g/mol. The molecule has 0 saturated heterocycles. The fraction of sp³-hybridized carbons (Fsp3) is 0.357. The number of nitrogens with one attached hydrogen (secondary N) is 1. The maximum atomic E-state index is 14.0. The van der Waals surface area contributed by atoms with Crippen molar-refractivity contribution < 1.29 is 26.7 Å². The first-order valence-electron chi connectivity index (χ1n) is 11.7. The molecule has 38 heavy (non-hydrogen) atoms. The molecule has 1 aromatic heterocycles.